The minimum Gasteiger partial charge on any atom is -0.0616 e. The molecule has 0 heteroatoms. The average Bonchev–Trinajstić information content (AvgIpc) is 2.98. The zero-order chi connectivity index (χ0) is 25.3. The van der Waals surface area contributed by atoms with Gasteiger partial charge in [0.15, 0.2) is 0 Å². The fraction of sp³-hybridized carbons (Fsp3) is 0. The van der Waals surface area contributed by atoms with Crippen molar-refractivity contribution in [1.82, 2.24) is 0 Å². The molecule has 0 aliphatic heterocycles. The van der Waals surface area contributed by atoms with E-state index in [1.807, 2.05) is 0 Å². The van der Waals surface area contributed by atoms with Crippen LogP contribution in [0, 0.1) is 0 Å². The van der Waals surface area contributed by atoms with Gasteiger partial charge in [-0.2, -0.15) is 0 Å². The van der Waals surface area contributed by atoms with Crippen LogP contribution in [-0.4, -0.2) is 0 Å². The molecule has 0 nitrogen and oxygen atoms in total. The summed E-state index contributed by atoms with van der Waals surface area (Å²) in [6.07, 6.45) is 8.80. The molecule has 0 bridgehead atoms. The average molecular weight is 483 g/mol. The normalized spacial score (nSPS) is 12.0. The Kier molecular flexibility index (Phi) is 5.57. The fourth-order valence-electron chi connectivity index (χ4n) is 5.32. The van der Waals surface area contributed by atoms with Crippen molar-refractivity contribution < 1.29 is 0 Å². The van der Waals surface area contributed by atoms with Crippen molar-refractivity contribution in [2.24, 2.45) is 0 Å². The fourth-order valence-corrected chi connectivity index (χ4v) is 5.32. The van der Waals surface area contributed by atoms with Crippen molar-refractivity contribution in [1.29, 1.82) is 0 Å². The molecule has 0 aromatic heterocycles. The quantitative estimate of drug-likeness (QED) is 0.173. The van der Waals surface area contributed by atoms with Gasteiger partial charge in [-0.3, -0.25) is 0 Å². The van der Waals surface area contributed by atoms with E-state index in [-0.39, 0.29) is 0 Å². The van der Waals surface area contributed by atoms with Crippen LogP contribution in [0.4, 0.5) is 0 Å². The van der Waals surface area contributed by atoms with Gasteiger partial charge in [0.05, 0.1) is 0 Å². The number of rotatable bonds is 4. The van der Waals surface area contributed by atoms with Crippen LogP contribution in [0.15, 0.2) is 133 Å². The predicted octanol–water partition coefficient (Wildman–Crippen LogP) is 10.6. The molecule has 7 aromatic rings. The molecule has 0 radical (unpaired) electrons. The lowest BCUT2D eigenvalue weighted by molar-refractivity contribution is 1.69. The zero-order valence-corrected chi connectivity index (χ0v) is 21.0. The van der Waals surface area contributed by atoms with Gasteiger partial charge in [0, 0.05) is 0 Å². The second-order valence-electron chi connectivity index (χ2n) is 9.91. The Bertz CT molecular complexity index is 1870. The molecule has 0 atom stereocenters. The molecule has 0 fully saturated rings. The standard InChI is InChI=1S/C38H26/c1-3-7-33-23-27(13-17-31(33)5-1)9-11-29-15-21-37-35(25-29)19-20-36-26-30(16-22-38(36)37)12-10-28-14-18-32-6-2-4-8-34(32)24-28/h1-26H/b11-9+,12-10+. The third-order valence-corrected chi connectivity index (χ3v) is 7.37. The molecular weight excluding hydrogens is 456 g/mol. The Balaban J connectivity index is 1.16. The molecular formula is C38H26. The highest BCUT2D eigenvalue weighted by molar-refractivity contribution is 6.08. The van der Waals surface area contributed by atoms with Gasteiger partial charge in [-0.25, -0.2) is 0 Å². The largest absolute Gasteiger partial charge is 0.0616 e. The van der Waals surface area contributed by atoms with Gasteiger partial charge in [0.25, 0.3) is 0 Å². The molecule has 0 saturated heterocycles. The Morgan fingerprint density at radius 1 is 0.263 bits per heavy atom. The van der Waals surface area contributed by atoms with E-state index >= 15 is 0 Å². The maximum atomic E-state index is 2.28. The van der Waals surface area contributed by atoms with E-state index in [1.54, 1.807) is 0 Å². The molecule has 0 aliphatic carbocycles. The lowest BCUT2D eigenvalue weighted by Crippen LogP contribution is -1.82. The minimum absolute atomic E-state index is 1.21. The first-order valence-electron chi connectivity index (χ1n) is 13.1. The second kappa shape index (κ2) is 9.50. The Labute approximate surface area is 222 Å². The van der Waals surface area contributed by atoms with Gasteiger partial charge in [0.1, 0.15) is 0 Å². The van der Waals surface area contributed by atoms with Crippen LogP contribution in [0.1, 0.15) is 22.3 Å². The van der Waals surface area contributed by atoms with E-state index in [2.05, 4.69) is 158 Å². The monoisotopic (exact) mass is 482 g/mol. The summed E-state index contributed by atoms with van der Waals surface area (Å²) in [5.74, 6) is 0. The van der Waals surface area contributed by atoms with Crippen molar-refractivity contribution in [2.75, 3.05) is 0 Å². The van der Waals surface area contributed by atoms with Crippen LogP contribution < -0.4 is 0 Å². The van der Waals surface area contributed by atoms with Gasteiger partial charge in [-0.05, 0) is 89.6 Å². The summed E-state index contributed by atoms with van der Waals surface area (Å²) < 4.78 is 0. The van der Waals surface area contributed by atoms with Crippen LogP contribution in [0.3, 0.4) is 0 Å². The molecule has 0 aliphatic rings. The number of benzene rings is 7. The lowest BCUT2D eigenvalue weighted by Gasteiger charge is -2.07. The summed E-state index contributed by atoms with van der Waals surface area (Å²) in [6, 6.07) is 48.2. The molecule has 7 rings (SSSR count). The summed E-state index contributed by atoms with van der Waals surface area (Å²) in [6.45, 7) is 0. The van der Waals surface area contributed by atoms with Crippen molar-refractivity contribution in [3.63, 3.8) is 0 Å². The topological polar surface area (TPSA) is 0 Å². The van der Waals surface area contributed by atoms with Crippen LogP contribution in [0.2, 0.25) is 0 Å². The summed E-state index contributed by atoms with van der Waals surface area (Å²) in [5.41, 5.74) is 4.85. The van der Waals surface area contributed by atoms with Gasteiger partial charge >= 0.3 is 0 Å². The predicted molar refractivity (Wildman–Crippen MR) is 167 cm³/mol. The smallest absolute Gasteiger partial charge is 0.0105 e. The summed E-state index contributed by atoms with van der Waals surface area (Å²) >= 11 is 0. The maximum Gasteiger partial charge on any atom is -0.0105 e. The number of hydrogen-bond donors (Lipinski definition) is 0. The Morgan fingerprint density at radius 2 is 0.579 bits per heavy atom. The molecule has 0 unspecified atom stereocenters. The van der Waals surface area contributed by atoms with Crippen molar-refractivity contribution in [2.45, 2.75) is 0 Å². The molecule has 0 saturated carbocycles. The molecule has 0 N–H and O–H groups in total. The molecule has 0 heterocycles. The van der Waals surface area contributed by atoms with Gasteiger partial charge in [-0.1, -0.05) is 133 Å². The van der Waals surface area contributed by atoms with Gasteiger partial charge < -0.3 is 0 Å². The highest BCUT2D eigenvalue weighted by Crippen LogP contribution is 2.28. The maximum absolute atomic E-state index is 2.28. The zero-order valence-electron chi connectivity index (χ0n) is 21.0. The van der Waals surface area contributed by atoms with E-state index in [0.29, 0.717) is 0 Å². The summed E-state index contributed by atoms with van der Waals surface area (Å²) in [4.78, 5) is 0. The van der Waals surface area contributed by atoms with Crippen LogP contribution in [-0.2, 0) is 0 Å². The SMILES string of the molecule is C(=C\c1ccc2c(ccc3cc(/C=C/c4ccc5ccccc5c4)ccc32)c1)/c1ccc2ccccc2c1. The first-order valence-corrected chi connectivity index (χ1v) is 13.1. The first kappa shape index (κ1) is 22.3. The van der Waals surface area contributed by atoms with E-state index in [4.69, 9.17) is 0 Å². The molecule has 178 valence electrons. The minimum atomic E-state index is 1.21. The van der Waals surface area contributed by atoms with Crippen LogP contribution in [0.5, 0.6) is 0 Å². The van der Waals surface area contributed by atoms with E-state index in [0.717, 1.165) is 0 Å². The molecule has 7 aromatic carbocycles. The van der Waals surface area contributed by atoms with Crippen LogP contribution in [0.25, 0.3) is 67.4 Å². The summed E-state index contributed by atoms with van der Waals surface area (Å²) in [5, 5.41) is 10.2. The van der Waals surface area contributed by atoms with Gasteiger partial charge in [0.2, 0.25) is 0 Å². The van der Waals surface area contributed by atoms with Crippen molar-refractivity contribution in [3.05, 3.63) is 156 Å². The Morgan fingerprint density at radius 3 is 1.00 bits per heavy atom. The third-order valence-electron chi connectivity index (χ3n) is 7.37. The van der Waals surface area contributed by atoms with E-state index in [9.17, 15) is 0 Å². The summed E-state index contributed by atoms with van der Waals surface area (Å²) in [7, 11) is 0. The number of fused-ring (bicyclic) bond motifs is 5. The van der Waals surface area contributed by atoms with Crippen molar-refractivity contribution >= 4 is 67.4 Å². The van der Waals surface area contributed by atoms with E-state index < -0.39 is 0 Å². The molecule has 0 spiro atoms. The highest BCUT2D eigenvalue weighted by atomic mass is 14.1. The first-order chi connectivity index (χ1) is 18.8. The second-order valence-corrected chi connectivity index (χ2v) is 9.91. The lowest BCUT2D eigenvalue weighted by atomic mass is 9.98. The number of hydrogen-bond acceptors (Lipinski definition) is 0. The third kappa shape index (κ3) is 4.38. The Hall–Kier alpha value is -4.94. The van der Waals surface area contributed by atoms with Crippen molar-refractivity contribution in [3.8, 4) is 0 Å². The highest BCUT2D eigenvalue weighted by Gasteiger charge is 2.03. The molecule has 0 amide bonds. The van der Waals surface area contributed by atoms with Crippen LogP contribution >= 0.6 is 0 Å². The van der Waals surface area contributed by atoms with E-state index in [1.165, 1.54) is 65.3 Å². The molecule has 38 heavy (non-hydrogen) atoms. The van der Waals surface area contributed by atoms with Gasteiger partial charge in [-0.15, -0.1) is 0 Å².